The van der Waals surface area contributed by atoms with Crippen LogP contribution in [0, 0.1) is 6.92 Å². The summed E-state index contributed by atoms with van der Waals surface area (Å²) in [6, 6.07) is 9.82. The maximum absolute atomic E-state index is 12.5. The van der Waals surface area contributed by atoms with Crippen molar-refractivity contribution in [2.45, 2.75) is 20.4 Å². The van der Waals surface area contributed by atoms with Crippen molar-refractivity contribution < 1.29 is 19.1 Å². The lowest BCUT2D eigenvalue weighted by molar-refractivity contribution is -0.117. The van der Waals surface area contributed by atoms with Gasteiger partial charge >= 0.3 is 5.97 Å². The lowest BCUT2D eigenvalue weighted by Gasteiger charge is -2.16. The number of amides is 2. The van der Waals surface area contributed by atoms with E-state index in [9.17, 15) is 14.4 Å². The molecule has 28 heavy (non-hydrogen) atoms. The zero-order valence-corrected chi connectivity index (χ0v) is 17.3. The van der Waals surface area contributed by atoms with Crippen molar-refractivity contribution in [2.24, 2.45) is 0 Å². The van der Waals surface area contributed by atoms with Crippen LogP contribution in [-0.2, 0) is 16.1 Å². The van der Waals surface area contributed by atoms with Crippen LogP contribution < -0.4 is 10.6 Å². The molecular weight excluding hydrogens is 378 g/mol. The number of thiophene rings is 1. The van der Waals surface area contributed by atoms with Crippen LogP contribution in [0.25, 0.3) is 0 Å². The predicted molar refractivity (Wildman–Crippen MR) is 110 cm³/mol. The Kier molecular flexibility index (Phi) is 7.71. The van der Waals surface area contributed by atoms with Crippen LogP contribution in [0.4, 0.5) is 5.00 Å². The Balaban J connectivity index is 2.15. The minimum Gasteiger partial charge on any atom is -0.462 e. The quantitative estimate of drug-likeness (QED) is 0.662. The Labute approximate surface area is 168 Å². The van der Waals surface area contributed by atoms with Crippen LogP contribution >= 0.6 is 11.3 Å². The maximum atomic E-state index is 12.5. The smallest absolute Gasteiger partial charge is 0.341 e. The van der Waals surface area contributed by atoms with Gasteiger partial charge in [-0.2, -0.15) is 0 Å². The maximum Gasteiger partial charge on any atom is 0.341 e. The molecule has 2 rings (SSSR count). The van der Waals surface area contributed by atoms with E-state index in [-0.39, 0.29) is 30.5 Å². The van der Waals surface area contributed by atoms with E-state index in [1.807, 2.05) is 42.3 Å². The van der Waals surface area contributed by atoms with Gasteiger partial charge in [0.05, 0.1) is 23.6 Å². The summed E-state index contributed by atoms with van der Waals surface area (Å²) in [5.74, 6) is -1.14. The van der Waals surface area contributed by atoms with Crippen molar-refractivity contribution >= 4 is 34.1 Å². The van der Waals surface area contributed by atoms with Gasteiger partial charge in [0.1, 0.15) is 5.00 Å². The lowest BCUT2D eigenvalue weighted by atomic mass is 10.1. The van der Waals surface area contributed by atoms with E-state index in [0.717, 1.165) is 16.9 Å². The van der Waals surface area contributed by atoms with Gasteiger partial charge in [0.2, 0.25) is 5.91 Å². The molecule has 1 heterocycles. The van der Waals surface area contributed by atoms with Crippen molar-refractivity contribution in [3.63, 3.8) is 0 Å². The Hall–Kier alpha value is -2.71. The summed E-state index contributed by atoms with van der Waals surface area (Å²) in [5, 5.41) is 5.64. The van der Waals surface area contributed by atoms with Gasteiger partial charge in [-0.1, -0.05) is 30.3 Å². The summed E-state index contributed by atoms with van der Waals surface area (Å²) in [7, 11) is 3.36. The summed E-state index contributed by atoms with van der Waals surface area (Å²) in [5.41, 5.74) is 1.82. The van der Waals surface area contributed by atoms with Crippen LogP contribution in [0.15, 0.2) is 30.3 Å². The van der Waals surface area contributed by atoms with Gasteiger partial charge in [0.15, 0.2) is 0 Å². The second kappa shape index (κ2) is 10.0. The number of nitrogens with zero attached hydrogens (tertiary/aromatic N) is 1. The zero-order chi connectivity index (χ0) is 20.7. The number of rotatable bonds is 8. The Morgan fingerprint density at radius 2 is 1.86 bits per heavy atom. The van der Waals surface area contributed by atoms with Gasteiger partial charge in [-0.15, -0.1) is 11.3 Å². The molecular formula is C20H25N3O4S. The number of anilines is 1. The number of likely N-dealkylation sites (N-methyl/N-ethyl adjacent to an activating group) is 1. The highest BCUT2D eigenvalue weighted by Crippen LogP contribution is 2.33. The molecule has 0 aliphatic carbocycles. The van der Waals surface area contributed by atoms with E-state index in [1.54, 1.807) is 13.8 Å². The number of carbonyl (C=O) groups is 3. The Bertz CT molecular complexity index is 849. The molecule has 0 unspecified atom stereocenters. The average molecular weight is 404 g/mol. The summed E-state index contributed by atoms with van der Waals surface area (Å²) < 4.78 is 5.09. The van der Waals surface area contributed by atoms with Crippen LogP contribution in [0.5, 0.6) is 0 Å². The second-order valence-corrected chi connectivity index (χ2v) is 7.29. The molecule has 1 aromatic heterocycles. The third-order valence-electron chi connectivity index (χ3n) is 4.02. The number of hydrogen-bond acceptors (Lipinski definition) is 6. The van der Waals surface area contributed by atoms with E-state index in [1.165, 1.54) is 7.05 Å². The summed E-state index contributed by atoms with van der Waals surface area (Å²) in [4.78, 5) is 39.2. The van der Waals surface area contributed by atoms with E-state index in [0.29, 0.717) is 22.0 Å². The van der Waals surface area contributed by atoms with Gasteiger partial charge in [-0.25, -0.2) is 4.79 Å². The first kappa shape index (κ1) is 21.6. The summed E-state index contributed by atoms with van der Waals surface area (Å²) in [6.07, 6.45) is 0. The van der Waals surface area contributed by atoms with E-state index in [4.69, 9.17) is 4.74 Å². The first-order valence-electron chi connectivity index (χ1n) is 8.92. The van der Waals surface area contributed by atoms with Crippen LogP contribution in [0.3, 0.4) is 0 Å². The first-order chi connectivity index (χ1) is 13.4. The molecule has 2 N–H and O–H groups in total. The standard InChI is InChI=1S/C20H25N3O4S/c1-5-27-20(26)16-13(2)17(18(25)21-3)28-19(16)22-15(24)12-23(4)11-14-9-7-6-8-10-14/h6-10H,5,11-12H2,1-4H3,(H,21,25)(H,22,24). The molecule has 0 aliphatic rings. The molecule has 7 nitrogen and oxygen atoms in total. The molecule has 0 fully saturated rings. The van der Waals surface area contributed by atoms with E-state index >= 15 is 0 Å². The zero-order valence-electron chi connectivity index (χ0n) is 16.5. The second-order valence-electron chi connectivity index (χ2n) is 6.27. The van der Waals surface area contributed by atoms with Gasteiger partial charge in [0, 0.05) is 13.6 Å². The largest absolute Gasteiger partial charge is 0.462 e. The molecule has 0 saturated heterocycles. The number of nitrogens with one attached hydrogen (secondary N) is 2. The fourth-order valence-corrected chi connectivity index (χ4v) is 3.90. The average Bonchev–Trinajstić information content (AvgIpc) is 2.97. The van der Waals surface area contributed by atoms with Crippen LogP contribution in [-0.4, -0.2) is 49.9 Å². The molecule has 0 aliphatic heterocycles. The molecule has 1 aromatic carbocycles. The summed E-state index contributed by atoms with van der Waals surface area (Å²) in [6.45, 7) is 4.34. The number of benzene rings is 1. The SMILES string of the molecule is CCOC(=O)c1c(NC(=O)CN(C)Cc2ccccc2)sc(C(=O)NC)c1C. The molecule has 2 amide bonds. The summed E-state index contributed by atoms with van der Waals surface area (Å²) >= 11 is 1.07. The van der Waals surface area contributed by atoms with E-state index in [2.05, 4.69) is 10.6 Å². The van der Waals surface area contributed by atoms with E-state index < -0.39 is 5.97 Å². The number of carbonyl (C=O) groups excluding carboxylic acids is 3. The van der Waals surface area contributed by atoms with Gasteiger partial charge < -0.3 is 15.4 Å². The van der Waals surface area contributed by atoms with Gasteiger partial charge in [0.25, 0.3) is 5.91 Å². The minimum atomic E-state index is -0.556. The molecule has 0 saturated carbocycles. The minimum absolute atomic E-state index is 0.142. The van der Waals surface area contributed by atoms with Crippen molar-refractivity contribution in [3.8, 4) is 0 Å². The fraction of sp³-hybridized carbons (Fsp3) is 0.350. The molecule has 8 heteroatoms. The normalized spacial score (nSPS) is 10.6. The van der Waals surface area contributed by atoms with Crippen molar-refractivity contribution in [3.05, 3.63) is 51.9 Å². The Morgan fingerprint density at radius 3 is 2.46 bits per heavy atom. The molecule has 0 atom stereocenters. The molecule has 0 radical (unpaired) electrons. The molecule has 2 aromatic rings. The van der Waals surface area contributed by atoms with Crippen molar-refractivity contribution in [2.75, 3.05) is 32.6 Å². The number of esters is 1. The number of hydrogen-bond donors (Lipinski definition) is 2. The topological polar surface area (TPSA) is 87.7 Å². The Morgan fingerprint density at radius 1 is 1.18 bits per heavy atom. The van der Waals surface area contributed by atoms with Crippen LogP contribution in [0.1, 0.15) is 38.1 Å². The van der Waals surface area contributed by atoms with Gasteiger partial charge in [-0.05, 0) is 32.0 Å². The fourth-order valence-electron chi connectivity index (χ4n) is 2.74. The third-order valence-corrected chi connectivity index (χ3v) is 5.23. The predicted octanol–water partition coefficient (Wildman–Crippen LogP) is 2.66. The highest BCUT2D eigenvalue weighted by atomic mass is 32.1. The monoisotopic (exact) mass is 403 g/mol. The lowest BCUT2D eigenvalue weighted by Crippen LogP contribution is -2.30. The van der Waals surface area contributed by atoms with Crippen molar-refractivity contribution in [1.82, 2.24) is 10.2 Å². The van der Waals surface area contributed by atoms with Gasteiger partial charge in [-0.3, -0.25) is 14.5 Å². The molecule has 0 spiro atoms. The molecule has 150 valence electrons. The van der Waals surface area contributed by atoms with Crippen LogP contribution in [0.2, 0.25) is 0 Å². The number of ether oxygens (including phenoxy) is 1. The third kappa shape index (κ3) is 5.40. The first-order valence-corrected chi connectivity index (χ1v) is 9.73. The molecule has 0 bridgehead atoms. The highest BCUT2D eigenvalue weighted by Gasteiger charge is 2.26. The van der Waals surface area contributed by atoms with Crippen molar-refractivity contribution in [1.29, 1.82) is 0 Å². The highest BCUT2D eigenvalue weighted by molar-refractivity contribution is 7.18.